The minimum Gasteiger partial charge on any atom is -0.416 e. The van der Waals surface area contributed by atoms with E-state index < -0.39 is 0 Å². The van der Waals surface area contributed by atoms with Gasteiger partial charge < -0.3 is 4.42 Å². The molecule has 0 saturated carbocycles. The van der Waals surface area contributed by atoms with Gasteiger partial charge in [0.25, 0.3) is 0 Å². The number of thiophene rings is 1. The van der Waals surface area contributed by atoms with Crippen LogP contribution in [0.25, 0.3) is 65.0 Å². The van der Waals surface area contributed by atoms with E-state index in [4.69, 9.17) is 4.42 Å². The van der Waals surface area contributed by atoms with E-state index in [0.29, 0.717) is 11.8 Å². The van der Waals surface area contributed by atoms with E-state index in [-0.39, 0.29) is 0 Å². The highest BCUT2D eigenvalue weighted by atomic mass is 32.1. The Kier molecular flexibility index (Phi) is 4.32. The van der Waals surface area contributed by atoms with Crippen LogP contribution in [-0.4, -0.2) is 10.2 Å². The monoisotopic (exact) mass is 454 g/mol. The lowest BCUT2D eigenvalue weighted by Crippen LogP contribution is -1.81. The molecule has 4 heteroatoms. The molecule has 0 N–H and O–H groups in total. The Bertz CT molecular complexity index is 1810. The molecular formula is C30H18N2OS. The minimum absolute atomic E-state index is 0.523. The molecule has 0 amide bonds. The van der Waals surface area contributed by atoms with E-state index in [9.17, 15) is 0 Å². The summed E-state index contributed by atoms with van der Waals surface area (Å²) in [4.78, 5) is 0. The fourth-order valence-corrected chi connectivity index (χ4v) is 5.87. The molecule has 0 fully saturated rings. The van der Waals surface area contributed by atoms with Crippen LogP contribution in [0.1, 0.15) is 0 Å². The molecule has 3 nitrogen and oxygen atoms in total. The molecule has 0 aliphatic carbocycles. The van der Waals surface area contributed by atoms with Crippen LogP contribution in [0.5, 0.6) is 0 Å². The largest absolute Gasteiger partial charge is 0.416 e. The van der Waals surface area contributed by atoms with E-state index in [1.807, 2.05) is 35.6 Å². The van der Waals surface area contributed by atoms with Crippen LogP contribution < -0.4 is 0 Å². The molecule has 0 radical (unpaired) electrons. The van der Waals surface area contributed by atoms with Crippen LogP contribution in [0.3, 0.4) is 0 Å². The van der Waals surface area contributed by atoms with Gasteiger partial charge in [-0.25, -0.2) is 0 Å². The Morgan fingerprint density at radius 1 is 0.500 bits per heavy atom. The molecule has 0 bridgehead atoms. The van der Waals surface area contributed by atoms with Gasteiger partial charge in [0.2, 0.25) is 11.8 Å². The van der Waals surface area contributed by atoms with Crippen LogP contribution in [0.15, 0.2) is 114 Å². The van der Waals surface area contributed by atoms with E-state index in [2.05, 4.69) is 95.1 Å². The second kappa shape index (κ2) is 7.65. The highest BCUT2D eigenvalue weighted by Crippen LogP contribution is 2.40. The van der Waals surface area contributed by atoms with Crippen molar-refractivity contribution in [2.24, 2.45) is 0 Å². The summed E-state index contributed by atoms with van der Waals surface area (Å²) in [6.45, 7) is 0. The molecule has 7 rings (SSSR count). The Morgan fingerprint density at radius 2 is 1.15 bits per heavy atom. The molecule has 0 spiro atoms. The molecule has 0 saturated heterocycles. The zero-order valence-electron chi connectivity index (χ0n) is 18.1. The number of aromatic nitrogens is 2. The van der Waals surface area contributed by atoms with Crippen LogP contribution in [0, 0.1) is 0 Å². The van der Waals surface area contributed by atoms with Crippen molar-refractivity contribution >= 4 is 42.3 Å². The first-order valence-corrected chi connectivity index (χ1v) is 12.0. The van der Waals surface area contributed by atoms with Gasteiger partial charge >= 0.3 is 0 Å². The zero-order valence-corrected chi connectivity index (χ0v) is 18.9. The molecule has 0 aliphatic heterocycles. The maximum atomic E-state index is 6.10. The first-order valence-electron chi connectivity index (χ1n) is 11.2. The van der Waals surface area contributed by atoms with Crippen molar-refractivity contribution in [3.05, 3.63) is 109 Å². The Morgan fingerprint density at radius 3 is 2.06 bits per heavy atom. The SMILES string of the molecule is c1ccc2c(-c3nnc(-c4ccc(-c5cccc6c5sc5ccccc56)cc4)o3)cccc2c1. The topological polar surface area (TPSA) is 38.9 Å². The first-order chi connectivity index (χ1) is 16.8. The second-order valence-electron chi connectivity index (χ2n) is 8.30. The highest BCUT2D eigenvalue weighted by Gasteiger charge is 2.14. The lowest BCUT2D eigenvalue weighted by molar-refractivity contribution is 0.585. The van der Waals surface area contributed by atoms with Crippen molar-refractivity contribution in [2.75, 3.05) is 0 Å². The molecule has 2 heterocycles. The van der Waals surface area contributed by atoms with Gasteiger partial charge in [-0.15, -0.1) is 21.5 Å². The summed E-state index contributed by atoms with van der Waals surface area (Å²) in [5.74, 6) is 1.06. The Hall–Kier alpha value is -4.28. The molecule has 5 aromatic carbocycles. The van der Waals surface area contributed by atoms with Crippen molar-refractivity contribution in [3.63, 3.8) is 0 Å². The number of hydrogen-bond donors (Lipinski definition) is 0. The number of rotatable bonds is 3. The maximum absolute atomic E-state index is 6.10. The maximum Gasteiger partial charge on any atom is 0.248 e. The van der Waals surface area contributed by atoms with Gasteiger partial charge in [0.15, 0.2) is 0 Å². The van der Waals surface area contributed by atoms with Gasteiger partial charge in [-0.2, -0.15) is 0 Å². The molecule has 0 unspecified atom stereocenters. The van der Waals surface area contributed by atoms with Crippen molar-refractivity contribution in [2.45, 2.75) is 0 Å². The van der Waals surface area contributed by atoms with Gasteiger partial charge in [-0.1, -0.05) is 84.9 Å². The van der Waals surface area contributed by atoms with Gasteiger partial charge in [0, 0.05) is 31.3 Å². The fourth-order valence-electron chi connectivity index (χ4n) is 4.63. The van der Waals surface area contributed by atoms with E-state index in [1.54, 1.807) is 0 Å². The predicted molar refractivity (Wildman–Crippen MR) is 141 cm³/mol. The zero-order chi connectivity index (χ0) is 22.5. The Labute approximate surface area is 199 Å². The normalized spacial score (nSPS) is 11.5. The lowest BCUT2D eigenvalue weighted by Gasteiger charge is -2.05. The summed E-state index contributed by atoms with van der Waals surface area (Å²) in [5.41, 5.74) is 4.28. The van der Waals surface area contributed by atoms with Gasteiger partial charge in [-0.3, -0.25) is 0 Å². The summed E-state index contributed by atoms with van der Waals surface area (Å²) in [7, 11) is 0. The van der Waals surface area contributed by atoms with E-state index >= 15 is 0 Å². The smallest absolute Gasteiger partial charge is 0.248 e. The molecule has 160 valence electrons. The van der Waals surface area contributed by atoms with Crippen molar-refractivity contribution in [1.82, 2.24) is 10.2 Å². The number of fused-ring (bicyclic) bond motifs is 4. The van der Waals surface area contributed by atoms with Crippen LogP contribution in [0.2, 0.25) is 0 Å². The minimum atomic E-state index is 0.523. The summed E-state index contributed by atoms with van der Waals surface area (Å²) < 4.78 is 8.73. The third-order valence-electron chi connectivity index (χ3n) is 6.29. The summed E-state index contributed by atoms with van der Waals surface area (Å²) in [6, 6.07) is 37.9. The summed E-state index contributed by atoms with van der Waals surface area (Å²) in [6.07, 6.45) is 0. The van der Waals surface area contributed by atoms with Crippen molar-refractivity contribution in [1.29, 1.82) is 0 Å². The third kappa shape index (κ3) is 3.04. The summed E-state index contributed by atoms with van der Waals surface area (Å²) >= 11 is 1.84. The lowest BCUT2D eigenvalue weighted by atomic mass is 10.0. The van der Waals surface area contributed by atoms with Gasteiger partial charge in [0.05, 0.1) is 0 Å². The molecular weight excluding hydrogens is 436 g/mol. The van der Waals surface area contributed by atoms with E-state index in [0.717, 1.165) is 21.9 Å². The number of benzene rings is 5. The second-order valence-corrected chi connectivity index (χ2v) is 9.35. The number of hydrogen-bond acceptors (Lipinski definition) is 4. The standard InChI is InChI=1S/C30H18N2OS/c1-2-9-22-19(7-1)8-5-13-26(22)30-32-31-29(33-30)21-17-15-20(16-18-21)23-11-6-12-25-24-10-3-4-14-27(24)34-28(23)25/h1-18H. The highest BCUT2D eigenvalue weighted by molar-refractivity contribution is 7.26. The van der Waals surface area contributed by atoms with E-state index in [1.165, 1.54) is 31.3 Å². The van der Waals surface area contributed by atoms with Gasteiger partial charge in [-0.05, 0) is 46.2 Å². The van der Waals surface area contributed by atoms with Crippen LogP contribution in [0.4, 0.5) is 0 Å². The molecule has 0 atom stereocenters. The van der Waals surface area contributed by atoms with Gasteiger partial charge in [0.1, 0.15) is 0 Å². The summed E-state index contributed by atoms with van der Waals surface area (Å²) in [5, 5.41) is 13.6. The average molecular weight is 455 g/mol. The molecule has 34 heavy (non-hydrogen) atoms. The van der Waals surface area contributed by atoms with Crippen molar-refractivity contribution < 1.29 is 4.42 Å². The molecule has 2 aromatic heterocycles. The quantitative estimate of drug-likeness (QED) is 0.268. The third-order valence-corrected chi connectivity index (χ3v) is 7.51. The number of nitrogens with zero attached hydrogens (tertiary/aromatic N) is 2. The fraction of sp³-hybridized carbons (Fsp3) is 0. The van der Waals surface area contributed by atoms with Crippen molar-refractivity contribution in [3.8, 4) is 34.0 Å². The van der Waals surface area contributed by atoms with Crippen LogP contribution >= 0.6 is 11.3 Å². The predicted octanol–water partition coefficient (Wildman–Crippen LogP) is 8.59. The molecule has 7 aromatic rings. The Balaban J connectivity index is 1.27. The first kappa shape index (κ1) is 19.2. The average Bonchev–Trinajstić information content (AvgIpc) is 3.54. The van der Waals surface area contributed by atoms with Crippen LogP contribution in [-0.2, 0) is 0 Å². The molecule has 0 aliphatic rings.